The highest BCUT2D eigenvalue weighted by Gasteiger charge is 2.12. The van der Waals surface area contributed by atoms with Crippen LogP contribution < -0.4 is 15.6 Å². The van der Waals surface area contributed by atoms with Gasteiger partial charge in [0, 0.05) is 17.7 Å². The van der Waals surface area contributed by atoms with Gasteiger partial charge in [0.2, 0.25) is 5.91 Å². The molecule has 0 aliphatic heterocycles. The minimum absolute atomic E-state index is 0.299. The fraction of sp³-hybridized carbons (Fsp3) is 0.105. The van der Waals surface area contributed by atoms with E-state index >= 15 is 0 Å². The Hall–Kier alpha value is -3.55. The van der Waals surface area contributed by atoms with Crippen LogP contribution in [-0.2, 0) is 11.3 Å². The van der Waals surface area contributed by atoms with Gasteiger partial charge in [0.05, 0.1) is 24.8 Å². The number of methoxy groups -OCH3 is 1. The van der Waals surface area contributed by atoms with Crippen molar-refractivity contribution in [3.05, 3.63) is 76.8 Å². The zero-order valence-corrected chi connectivity index (χ0v) is 14.3. The van der Waals surface area contributed by atoms with E-state index in [-0.39, 0.29) is 5.69 Å². The van der Waals surface area contributed by atoms with Crippen LogP contribution in [0.25, 0.3) is 11.3 Å². The minimum Gasteiger partial charge on any atom is -0.496 e. The van der Waals surface area contributed by atoms with Crippen molar-refractivity contribution in [1.29, 1.82) is 0 Å². The summed E-state index contributed by atoms with van der Waals surface area (Å²) in [6, 6.07) is 11.0. The second kappa shape index (κ2) is 7.77. The number of hydrogen-bond acceptors (Lipinski definition) is 4. The SMILES string of the molecule is COc1ccccc1-c1cc(=O)n(CC(=O)Nc2cc(F)ccc2F)cn1. The van der Waals surface area contributed by atoms with Crippen molar-refractivity contribution in [1.82, 2.24) is 9.55 Å². The fourth-order valence-electron chi connectivity index (χ4n) is 2.49. The molecule has 1 N–H and O–H groups in total. The highest BCUT2D eigenvalue weighted by Crippen LogP contribution is 2.26. The highest BCUT2D eigenvalue weighted by atomic mass is 19.1. The Labute approximate surface area is 153 Å². The van der Waals surface area contributed by atoms with E-state index in [4.69, 9.17) is 4.74 Å². The smallest absolute Gasteiger partial charge is 0.254 e. The van der Waals surface area contributed by atoms with Crippen LogP contribution in [0.15, 0.2) is 59.7 Å². The Morgan fingerprint density at radius 1 is 1.19 bits per heavy atom. The monoisotopic (exact) mass is 371 g/mol. The molecule has 0 saturated carbocycles. The number of carbonyl (C=O) groups is 1. The molecule has 0 radical (unpaired) electrons. The van der Waals surface area contributed by atoms with Gasteiger partial charge >= 0.3 is 0 Å². The normalized spacial score (nSPS) is 10.5. The number of halogens is 2. The van der Waals surface area contributed by atoms with Gasteiger partial charge in [0.25, 0.3) is 5.56 Å². The largest absolute Gasteiger partial charge is 0.496 e. The maximum Gasteiger partial charge on any atom is 0.254 e. The molecule has 2 aromatic carbocycles. The third-order valence-electron chi connectivity index (χ3n) is 3.78. The molecule has 0 saturated heterocycles. The predicted octanol–water partition coefficient (Wildman–Crippen LogP) is 2.84. The number of nitrogens with zero attached hydrogens (tertiary/aromatic N) is 2. The van der Waals surface area contributed by atoms with Crippen LogP contribution in [0, 0.1) is 11.6 Å². The summed E-state index contributed by atoms with van der Waals surface area (Å²) >= 11 is 0. The van der Waals surface area contributed by atoms with Crippen LogP contribution in [0.4, 0.5) is 14.5 Å². The van der Waals surface area contributed by atoms with Gasteiger partial charge in [0.15, 0.2) is 0 Å². The zero-order chi connectivity index (χ0) is 19.4. The van der Waals surface area contributed by atoms with Crippen molar-refractivity contribution in [3.8, 4) is 17.0 Å². The van der Waals surface area contributed by atoms with Gasteiger partial charge in [-0.1, -0.05) is 12.1 Å². The first kappa shape index (κ1) is 18.2. The summed E-state index contributed by atoms with van der Waals surface area (Å²) in [5.41, 5.74) is 0.258. The average Bonchev–Trinajstić information content (AvgIpc) is 2.66. The second-order valence-electron chi connectivity index (χ2n) is 5.61. The van der Waals surface area contributed by atoms with Gasteiger partial charge in [-0.15, -0.1) is 0 Å². The van der Waals surface area contributed by atoms with Crippen LogP contribution in [0.5, 0.6) is 5.75 Å². The quantitative estimate of drug-likeness (QED) is 0.749. The van der Waals surface area contributed by atoms with E-state index in [2.05, 4.69) is 10.3 Å². The molecule has 1 amide bonds. The number of amides is 1. The van der Waals surface area contributed by atoms with Gasteiger partial charge in [-0.3, -0.25) is 14.2 Å². The molecule has 8 heteroatoms. The molecule has 0 aliphatic rings. The van der Waals surface area contributed by atoms with Crippen molar-refractivity contribution < 1.29 is 18.3 Å². The van der Waals surface area contributed by atoms with E-state index < -0.39 is 29.6 Å². The number of rotatable bonds is 5. The van der Waals surface area contributed by atoms with E-state index in [9.17, 15) is 18.4 Å². The summed E-state index contributed by atoms with van der Waals surface area (Å²) in [7, 11) is 1.51. The summed E-state index contributed by atoms with van der Waals surface area (Å²) in [5.74, 6) is -1.59. The van der Waals surface area contributed by atoms with E-state index in [1.807, 2.05) is 0 Å². The summed E-state index contributed by atoms with van der Waals surface area (Å²) in [4.78, 5) is 28.5. The summed E-state index contributed by atoms with van der Waals surface area (Å²) < 4.78 is 33.1. The van der Waals surface area contributed by atoms with Crippen molar-refractivity contribution in [2.75, 3.05) is 12.4 Å². The molecule has 0 unspecified atom stereocenters. The summed E-state index contributed by atoms with van der Waals surface area (Å²) in [6.07, 6.45) is 1.21. The Balaban J connectivity index is 1.79. The summed E-state index contributed by atoms with van der Waals surface area (Å²) in [5, 5.41) is 2.23. The molecule has 0 atom stereocenters. The Kier molecular flexibility index (Phi) is 5.25. The third-order valence-corrected chi connectivity index (χ3v) is 3.78. The predicted molar refractivity (Wildman–Crippen MR) is 95.5 cm³/mol. The number of anilines is 1. The van der Waals surface area contributed by atoms with E-state index in [1.54, 1.807) is 24.3 Å². The number of para-hydroxylation sites is 1. The highest BCUT2D eigenvalue weighted by molar-refractivity contribution is 5.90. The number of benzene rings is 2. The van der Waals surface area contributed by atoms with Crippen LogP contribution in [0.1, 0.15) is 0 Å². The molecule has 27 heavy (non-hydrogen) atoms. The van der Waals surface area contributed by atoms with Crippen molar-refractivity contribution in [2.24, 2.45) is 0 Å². The third kappa shape index (κ3) is 4.17. The maximum atomic E-state index is 13.6. The molecule has 1 aromatic heterocycles. The molecular weight excluding hydrogens is 356 g/mol. The Morgan fingerprint density at radius 3 is 2.70 bits per heavy atom. The molecular formula is C19H15F2N3O3. The van der Waals surface area contributed by atoms with Gasteiger partial charge in [0.1, 0.15) is 23.9 Å². The lowest BCUT2D eigenvalue weighted by Gasteiger charge is -2.10. The molecule has 6 nitrogen and oxygen atoms in total. The lowest BCUT2D eigenvalue weighted by atomic mass is 10.1. The van der Waals surface area contributed by atoms with Gasteiger partial charge in [-0.05, 0) is 24.3 Å². The molecule has 0 fully saturated rings. The van der Waals surface area contributed by atoms with Crippen molar-refractivity contribution in [2.45, 2.75) is 6.54 Å². The minimum atomic E-state index is -0.776. The van der Waals surface area contributed by atoms with Gasteiger partial charge < -0.3 is 10.1 Å². The van der Waals surface area contributed by atoms with Crippen LogP contribution in [0.3, 0.4) is 0 Å². The molecule has 138 valence electrons. The van der Waals surface area contributed by atoms with Crippen molar-refractivity contribution in [3.63, 3.8) is 0 Å². The molecule has 1 heterocycles. The molecule has 0 bridgehead atoms. The number of carbonyl (C=O) groups excluding carboxylic acids is 1. The Bertz CT molecular complexity index is 1050. The average molecular weight is 371 g/mol. The topological polar surface area (TPSA) is 73.2 Å². The standard InChI is InChI=1S/C19H15F2N3O3/c1-27-17-5-3-2-4-13(17)15-9-19(26)24(11-22-15)10-18(25)23-16-8-12(20)6-7-14(16)21/h2-9,11H,10H2,1H3,(H,23,25). The van der Waals surface area contributed by atoms with Gasteiger partial charge in [-0.25, -0.2) is 13.8 Å². The first-order valence-corrected chi connectivity index (χ1v) is 7.92. The first-order chi connectivity index (χ1) is 13.0. The van der Waals surface area contributed by atoms with Crippen LogP contribution in [0.2, 0.25) is 0 Å². The second-order valence-corrected chi connectivity index (χ2v) is 5.61. The van der Waals surface area contributed by atoms with Crippen molar-refractivity contribution >= 4 is 11.6 Å². The lowest BCUT2D eigenvalue weighted by molar-refractivity contribution is -0.116. The van der Waals surface area contributed by atoms with Gasteiger partial charge in [-0.2, -0.15) is 0 Å². The summed E-state index contributed by atoms with van der Waals surface area (Å²) in [6.45, 7) is -0.395. The molecule has 3 rings (SSSR count). The van der Waals surface area contributed by atoms with Crippen LogP contribution in [-0.4, -0.2) is 22.6 Å². The first-order valence-electron chi connectivity index (χ1n) is 7.92. The molecule has 3 aromatic rings. The zero-order valence-electron chi connectivity index (χ0n) is 14.3. The van der Waals surface area contributed by atoms with E-state index in [0.717, 1.165) is 22.8 Å². The number of hydrogen-bond donors (Lipinski definition) is 1. The van der Waals surface area contributed by atoms with Crippen LogP contribution >= 0.6 is 0 Å². The maximum absolute atomic E-state index is 13.6. The number of ether oxygens (including phenoxy) is 1. The number of nitrogens with one attached hydrogen (secondary N) is 1. The molecule has 0 spiro atoms. The lowest BCUT2D eigenvalue weighted by Crippen LogP contribution is -2.27. The molecule has 0 aliphatic carbocycles. The van der Waals surface area contributed by atoms with E-state index in [0.29, 0.717) is 17.0 Å². The fourth-order valence-corrected chi connectivity index (χ4v) is 2.49. The Morgan fingerprint density at radius 2 is 1.96 bits per heavy atom. The number of aromatic nitrogens is 2. The van der Waals surface area contributed by atoms with E-state index in [1.165, 1.54) is 19.5 Å².